The lowest BCUT2D eigenvalue weighted by Gasteiger charge is -2.21. The Morgan fingerprint density at radius 1 is 1.33 bits per heavy atom. The molecule has 1 fully saturated rings. The Balaban J connectivity index is 1.64. The van der Waals surface area contributed by atoms with Crippen LogP contribution in [0, 0.1) is 0 Å². The maximum absolute atomic E-state index is 13.2. The number of aromatic nitrogens is 4. The van der Waals surface area contributed by atoms with Crippen LogP contribution in [0.1, 0.15) is 31.4 Å². The number of ether oxygens (including phenoxy) is 2. The van der Waals surface area contributed by atoms with E-state index in [-0.39, 0.29) is 11.7 Å². The van der Waals surface area contributed by atoms with Crippen LogP contribution < -0.4 is 15.0 Å². The number of methoxy groups -OCH3 is 1. The first-order valence-electron chi connectivity index (χ1n) is 12.3. The van der Waals surface area contributed by atoms with E-state index in [1.807, 2.05) is 30.3 Å². The number of nitrogens with zero attached hydrogens (tertiary/aromatic N) is 4. The highest BCUT2D eigenvalue weighted by Crippen LogP contribution is 2.38. The summed E-state index contributed by atoms with van der Waals surface area (Å²) in [5.74, 6) is 0.911. The van der Waals surface area contributed by atoms with Gasteiger partial charge in [0.05, 0.1) is 36.2 Å². The number of rotatable bonds is 4. The van der Waals surface area contributed by atoms with Gasteiger partial charge in [-0.3, -0.25) is 19.5 Å². The van der Waals surface area contributed by atoms with Gasteiger partial charge in [-0.05, 0) is 37.1 Å². The zero-order chi connectivity index (χ0) is 25.0. The fraction of sp³-hybridized carbons (Fsp3) is 0.370. The Morgan fingerprint density at radius 3 is 3.00 bits per heavy atom. The molecule has 1 saturated heterocycles. The molecule has 6 bridgehead atoms. The molecule has 4 aromatic rings. The van der Waals surface area contributed by atoms with E-state index in [0.29, 0.717) is 63.8 Å². The van der Waals surface area contributed by atoms with Gasteiger partial charge in [0.15, 0.2) is 0 Å². The van der Waals surface area contributed by atoms with Crippen molar-refractivity contribution in [2.24, 2.45) is 0 Å². The molecule has 186 valence electrons. The lowest BCUT2D eigenvalue weighted by Crippen LogP contribution is -2.33. The molecule has 4 atom stereocenters. The van der Waals surface area contributed by atoms with E-state index in [9.17, 15) is 9.90 Å². The molecule has 0 spiro atoms. The van der Waals surface area contributed by atoms with Crippen molar-refractivity contribution in [3.05, 3.63) is 58.9 Å². The fourth-order valence-corrected chi connectivity index (χ4v) is 5.41. The number of hydrogen-bond acceptors (Lipinski definition) is 7. The van der Waals surface area contributed by atoms with Crippen LogP contribution in [0.25, 0.3) is 33.2 Å². The molecule has 0 aliphatic carbocycles. The number of aromatic amines is 1. The maximum atomic E-state index is 13.2. The molecule has 2 aliphatic rings. The summed E-state index contributed by atoms with van der Waals surface area (Å²) in [6, 6.07) is 9.56. The van der Waals surface area contributed by atoms with Crippen molar-refractivity contribution >= 4 is 21.9 Å². The predicted molar refractivity (Wildman–Crippen MR) is 137 cm³/mol. The molecule has 2 aliphatic heterocycles. The number of para-hydroxylation sites is 1. The molecular formula is C27H29N5O4. The zero-order valence-electron chi connectivity index (χ0n) is 20.4. The van der Waals surface area contributed by atoms with Crippen LogP contribution in [0.3, 0.4) is 0 Å². The fourth-order valence-electron chi connectivity index (χ4n) is 5.41. The summed E-state index contributed by atoms with van der Waals surface area (Å²) >= 11 is 0. The van der Waals surface area contributed by atoms with Gasteiger partial charge in [0.25, 0.3) is 5.56 Å². The van der Waals surface area contributed by atoms with E-state index in [0.717, 1.165) is 25.1 Å². The van der Waals surface area contributed by atoms with Crippen LogP contribution in [-0.4, -0.2) is 62.1 Å². The van der Waals surface area contributed by atoms with E-state index < -0.39 is 6.10 Å². The minimum absolute atomic E-state index is 0.0517. The molecule has 9 heteroatoms. The van der Waals surface area contributed by atoms with Gasteiger partial charge in [0.1, 0.15) is 23.1 Å². The summed E-state index contributed by atoms with van der Waals surface area (Å²) in [7, 11) is 1.55. The third kappa shape index (κ3) is 3.66. The number of hydrogen-bond donors (Lipinski definition) is 2. The van der Waals surface area contributed by atoms with Gasteiger partial charge < -0.3 is 14.6 Å². The van der Waals surface area contributed by atoms with E-state index in [1.165, 1.54) is 0 Å². The van der Waals surface area contributed by atoms with Crippen LogP contribution in [0.4, 0.5) is 0 Å². The van der Waals surface area contributed by atoms with Gasteiger partial charge in [-0.2, -0.15) is 0 Å². The third-order valence-corrected chi connectivity index (χ3v) is 7.31. The van der Waals surface area contributed by atoms with Crippen molar-refractivity contribution in [2.75, 3.05) is 20.2 Å². The molecule has 6 rings (SSSR count). The van der Waals surface area contributed by atoms with Crippen molar-refractivity contribution in [1.82, 2.24) is 24.6 Å². The summed E-state index contributed by atoms with van der Waals surface area (Å²) in [6.07, 6.45) is 2.16. The SMILES string of the molecule is C=CC[C@@H](O)c1cc2c3nc(c(OC)nc3c1)-c1cccc3c(=O)n([nH]c13)CCN1CC(C[C@H]1C)O2. The number of aliphatic hydroxyl groups excluding tert-OH is 1. The second-order valence-corrected chi connectivity index (χ2v) is 9.62. The van der Waals surface area contributed by atoms with Crippen molar-refractivity contribution in [3.8, 4) is 22.9 Å². The van der Waals surface area contributed by atoms with Gasteiger partial charge in [-0.15, -0.1) is 6.58 Å². The Labute approximate surface area is 208 Å². The van der Waals surface area contributed by atoms with Crippen LogP contribution >= 0.6 is 0 Å². The molecule has 0 amide bonds. The lowest BCUT2D eigenvalue weighted by molar-refractivity contribution is 0.178. The minimum Gasteiger partial charge on any atom is -0.487 e. The molecule has 2 unspecified atom stereocenters. The largest absolute Gasteiger partial charge is 0.487 e. The average molecular weight is 488 g/mol. The molecule has 0 saturated carbocycles. The van der Waals surface area contributed by atoms with Crippen LogP contribution in [0.5, 0.6) is 11.6 Å². The van der Waals surface area contributed by atoms with Gasteiger partial charge in [-0.1, -0.05) is 18.2 Å². The molecule has 36 heavy (non-hydrogen) atoms. The second-order valence-electron chi connectivity index (χ2n) is 9.62. The molecule has 2 aromatic carbocycles. The van der Waals surface area contributed by atoms with Crippen molar-refractivity contribution in [2.45, 2.75) is 44.6 Å². The lowest BCUT2D eigenvalue weighted by atomic mass is 10.0. The van der Waals surface area contributed by atoms with Gasteiger partial charge in [0.2, 0.25) is 5.88 Å². The van der Waals surface area contributed by atoms with E-state index in [2.05, 4.69) is 23.5 Å². The highest BCUT2D eigenvalue weighted by Gasteiger charge is 2.32. The summed E-state index contributed by atoms with van der Waals surface area (Å²) in [5, 5.41) is 14.6. The average Bonchev–Trinajstić information content (AvgIpc) is 3.39. The van der Waals surface area contributed by atoms with Gasteiger partial charge in [-0.25, -0.2) is 9.97 Å². The van der Waals surface area contributed by atoms with Crippen LogP contribution in [0.2, 0.25) is 0 Å². The van der Waals surface area contributed by atoms with E-state index >= 15 is 0 Å². The Bertz CT molecular complexity index is 1540. The van der Waals surface area contributed by atoms with Crippen LogP contribution in [0.15, 0.2) is 47.8 Å². The van der Waals surface area contributed by atoms with Gasteiger partial charge >= 0.3 is 0 Å². The number of benzene rings is 2. The number of H-pyrrole nitrogens is 1. The highest BCUT2D eigenvalue weighted by atomic mass is 16.5. The first-order chi connectivity index (χ1) is 17.5. The molecule has 2 aromatic heterocycles. The topological polar surface area (TPSA) is 106 Å². The van der Waals surface area contributed by atoms with Crippen LogP contribution in [-0.2, 0) is 6.54 Å². The Hall–Kier alpha value is -3.69. The quantitative estimate of drug-likeness (QED) is 0.425. The van der Waals surface area contributed by atoms with Crippen molar-refractivity contribution in [1.29, 1.82) is 0 Å². The Kier molecular flexibility index (Phi) is 5.54. The van der Waals surface area contributed by atoms with Gasteiger partial charge in [0, 0.05) is 31.1 Å². The first kappa shape index (κ1) is 22.8. The van der Waals surface area contributed by atoms with E-state index in [4.69, 9.17) is 19.4 Å². The molecule has 9 nitrogen and oxygen atoms in total. The second kappa shape index (κ2) is 8.76. The smallest absolute Gasteiger partial charge is 0.274 e. The van der Waals surface area contributed by atoms with E-state index in [1.54, 1.807) is 17.9 Å². The first-order valence-corrected chi connectivity index (χ1v) is 12.3. The zero-order valence-corrected chi connectivity index (χ0v) is 20.4. The molecule has 0 radical (unpaired) electrons. The van der Waals surface area contributed by atoms with Crippen molar-refractivity contribution in [3.63, 3.8) is 0 Å². The number of nitrogens with one attached hydrogen (secondary N) is 1. The summed E-state index contributed by atoms with van der Waals surface area (Å²) in [6.45, 7) is 7.94. The predicted octanol–water partition coefficient (Wildman–Crippen LogP) is 3.41. The number of fused-ring (bicyclic) bond motifs is 5. The standard InChI is InChI=1S/C27H29N5O4/c1-4-6-21(33)16-12-20-25-22(13-16)36-17-11-15(2)31(14-17)9-10-32-27(34)19-8-5-7-18(23(19)30-32)24(29-25)26(28-20)35-3/h4-5,7-8,12-13,15,17,21,30,33H,1,6,9-11,14H2,2-3H3/t15-,17?,21-/m1/s1. The van der Waals surface area contributed by atoms with Crippen molar-refractivity contribution < 1.29 is 14.6 Å². The molecule has 4 heterocycles. The minimum atomic E-state index is -0.732. The summed E-state index contributed by atoms with van der Waals surface area (Å²) in [4.78, 5) is 25.3. The highest BCUT2D eigenvalue weighted by molar-refractivity contribution is 5.95. The normalized spacial score (nSPS) is 22.0. The molecule has 2 N–H and O–H groups in total. The monoisotopic (exact) mass is 487 g/mol. The molecular weight excluding hydrogens is 458 g/mol. The summed E-state index contributed by atoms with van der Waals surface area (Å²) in [5.41, 5.74) is 3.72. The number of aliphatic hydroxyl groups is 1. The maximum Gasteiger partial charge on any atom is 0.274 e. The third-order valence-electron chi connectivity index (χ3n) is 7.31. The Morgan fingerprint density at radius 2 is 2.19 bits per heavy atom. The summed E-state index contributed by atoms with van der Waals surface area (Å²) < 4.78 is 13.9.